The van der Waals surface area contributed by atoms with Gasteiger partial charge in [0.05, 0.1) is 5.92 Å². The standard InChI is InChI=1S/C19H19NO/c21-19-18(14-16-8-3-1-4-9-16)12-7-13-20(19)15-17-10-5-2-6-11-17/h1-12,18H,13-15H2. The molecule has 1 unspecified atom stereocenters. The first-order chi connectivity index (χ1) is 10.3. The molecule has 2 aromatic rings. The van der Waals surface area contributed by atoms with Crippen molar-refractivity contribution in [3.05, 3.63) is 83.9 Å². The molecule has 0 aromatic heterocycles. The van der Waals surface area contributed by atoms with Crippen LogP contribution in [0.4, 0.5) is 0 Å². The fraction of sp³-hybridized carbons (Fsp3) is 0.211. The highest BCUT2D eigenvalue weighted by Crippen LogP contribution is 2.19. The molecule has 21 heavy (non-hydrogen) atoms. The highest BCUT2D eigenvalue weighted by molar-refractivity contribution is 5.82. The van der Waals surface area contributed by atoms with Crippen LogP contribution in [0.5, 0.6) is 0 Å². The van der Waals surface area contributed by atoms with Gasteiger partial charge in [-0.2, -0.15) is 0 Å². The second-order valence-corrected chi connectivity index (χ2v) is 5.43. The summed E-state index contributed by atoms with van der Waals surface area (Å²) in [5, 5.41) is 0. The predicted molar refractivity (Wildman–Crippen MR) is 84.6 cm³/mol. The van der Waals surface area contributed by atoms with Gasteiger partial charge in [-0.15, -0.1) is 0 Å². The summed E-state index contributed by atoms with van der Waals surface area (Å²) in [5.41, 5.74) is 2.39. The van der Waals surface area contributed by atoms with E-state index < -0.39 is 0 Å². The van der Waals surface area contributed by atoms with Gasteiger partial charge in [-0.3, -0.25) is 4.79 Å². The van der Waals surface area contributed by atoms with E-state index in [1.54, 1.807) is 0 Å². The van der Waals surface area contributed by atoms with Crippen molar-refractivity contribution in [2.75, 3.05) is 6.54 Å². The maximum Gasteiger partial charge on any atom is 0.230 e. The van der Waals surface area contributed by atoms with Crippen molar-refractivity contribution in [1.82, 2.24) is 4.90 Å². The number of rotatable bonds is 4. The molecule has 106 valence electrons. The van der Waals surface area contributed by atoms with Crippen molar-refractivity contribution >= 4 is 5.91 Å². The van der Waals surface area contributed by atoms with Crippen LogP contribution in [0.15, 0.2) is 72.8 Å². The maximum absolute atomic E-state index is 12.6. The summed E-state index contributed by atoms with van der Waals surface area (Å²) >= 11 is 0. The lowest BCUT2D eigenvalue weighted by molar-refractivity contribution is -0.134. The van der Waals surface area contributed by atoms with Gasteiger partial charge in [0.25, 0.3) is 0 Å². The molecule has 2 heteroatoms. The van der Waals surface area contributed by atoms with Crippen LogP contribution < -0.4 is 0 Å². The summed E-state index contributed by atoms with van der Waals surface area (Å²) in [5.74, 6) is 0.190. The summed E-state index contributed by atoms with van der Waals surface area (Å²) in [4.78, 5) is 14.5. The van der Waals surface area contributed by atoms with Gasteiger partial charge in [0, 0.05) is 13.1 Å². The Labute approximate surface area is 125 Å². The zero-order chi connectivity index (χ0) is 14.5. The molecular formula is C19H19NO. The van der Waals surface area contributed by atoms with Crippen molar-refractivity contribution in [3.8, 4) is 0 Å². The third-order valence-electron chi connectivity index (χ3n) is 3.84. The van der Waals surface area contributed by atoms with E-state index in [9.17, 15) is 4.79 Å². The third kappa shape index (κ3) is 3.40. The van der Waals surface area contributed by atoms with Gasteiger partial charge < -0.3 is 4.90 Å². The van der Waals surface area contributed by atoms with E-state index in [0.29, 0.717) is 13.1 Å². The van der Waals surface area contributed by atoms with E-state index in [2.05, 4.69) is 36.4 Å². The molecule has 1 aliphatic rings. The molecule has 2 nitrogen and oxygen atoms in total. The first kappa shape index (κ1) is 13.6. The molecule has 0 bridgehead atoms. The normalized spacial score (nSPS) is 18.0. The average molecular weight is 277 g/mol. The summed E-state index contributed by atoms with van der Waals surface area (Å²) in [6.07, 6.45) is 4.94. The first-order valence-electron chi connectivity index (χ1n) is 7.36. The average Bonchev–Trinajstić information content (AvgIpc) is 2.53. The molecule has 1 amide bonds. The monoisotopic (exact) mass is 277 g/mol. The summed E-state index contributed by atoms with van der Waals surface area (Å²) in [7, 11) is 0. The van der Waals surface area contributed by atoms with Gasteiger partial charge in [0.15, 0.2) is 0 Å². The van der Waals surface area contributed by atoms with Crippen molar-refractivity contribution < 1.29 is 4.79 Å². The van der Waals surface area contributed by atoms with Crippen LogP contribution in [0.3, 0.4) is 0 Å². The van der Waals surface area contributed by atoms with Crippen molar-refractivity contribution in [2.24, 2.45) is 5.92 Å². The van der Waals surface area contributed by atoms with Crippen LogP contribution in [-0.4, -0.2) is 17.4 Å². The van der Waals surface area contributed by atoms with Gasteiger partial charge >= 0.3 is 0 Å². The third-order valence-corrected chi connectivity index (χ3v) is 3.84. The summed E-state index contributed by atoms with van der Waals surface area (Å²) in [6, 6.07) is 20.4. The molecule has 3 rings (SSSR count). The van der Waals surface area contributed by atoms with Crippen molar-refractivity contribution in [3.63, 3.8) is 0 Å². The fourth-order valence-corrected chi connectivity index (χ4v) is 2.73. The van der Waals surface area contributed by atoms with E-state index in [1.165, 1.54) is 11.1 Å². The molecule has 1 aliphatic heterocycles. The lowest BCUT2D eigenvalue weighted by atomic mass is 9.95. The number of carbonyl (C=O) groups excluding carboxylic acids is 1. The highest BCUT2D eigenvalue weighted by Gasteiger charge is 2.25. The Morgan fingerprint density at radius 2 is 1.52 bits per heavy atom. The second kappa shape index (κ2) is 6.40. The van der Waals surface area contributed by atoms with Crippen LogP contribution in [-0.2, 0) is 17.8 Å². The molecule has 0 radical (unpaired) electrons. The Kier molecular flexibility index (Phi) is 4.15. The van der Waals surface area contributed by atoms with Gasteiger partial charge in [-0.1, -0.05) is 72.8 Å². The van der Waals surface area contributed by atoms with Crippen LogP contribution in [0, 0.1) is 5.92 Å². The Hall–Kier alpha value is -2.35. The summed E-state index contributed by atoms with van der Waals surface area (Å²) in [6.45, 7) is 1.40. The maximum atomic E-state index is 12.6. The Morgan fingerprint density at radius 3 is 2.19 bits per heavy atom. The Morgan fingerprint density at radius 1 is 0.905 bits per heavy atom. The number of hydrogen-bond acceptors (Lipinski definition) is 1. The number of nitrogens with zero attached hydrogens (tertiary/aromatic N) is 1. The van der Waals surface area contributed by atoms with E-state index >= 15 is 0 Å². The summed E-state index contributed by atoms with van der Waals surface area (Å²) < 4.78 is 0. The van der Waals surface area contributed by atoms with Crippen molar-refractivity contribution in [2.45, 2.75) is 13.0 Å². The zero-order valence-electron chi connectivity index (χ0n) is 12.0. The largest absolute Gasteiger partial charge is 0.334 e. The van der Waals surface area contributed by atoms with Crippen molar-refractivity contribution in [1.29, 1.82) is 0 Å². The van der Waals surface area contributed by atoms with E-state index in [-0.39, 0.29) is 11.8 Å². The topological polar surface area (TPSA) is 20.3 Å². The Balaban J connectivity index is 1.69. The van der Waals surface area contributed by atoms with Gasteiger partial charge in [-0.05, 0) is 17.5 Å². The highest BCUT2D eigenvalue weighted by atomic mass is 16.2. The minimum Gasteiger partial charge on any atom is -0.334 e. The number of amides is 1. The van der Waals surface area contributed by atoms with E-state index in [1.807, 2.05) is 41.3 Å². The smallest absolute Gasteiger partial charge is 0.230 e. The molecule has 2 aromatic carbocycles. The SMILES string of the molecule is O=C1C(Cc2ccccc2)C=CCN1Cc1ccccc1. The van der Waals surface area contributed by atoms with Crippen LogP contribution in [0.25, 0.3) is 0 Å². The van der Waals surface area contributed by atoms with Crippen LogP contribution in [0.1, 0.15) is 11.1 Å². The van der Waals surface area contributed by atoms with Crippen LogP contribution >= 0.6 is 0 Å². The molecule has 0 saturated carbocycles. The lowest BCUT2D eigenvalue weighted by Crippen LogP contribution is -2.38. The number of carbonyl (C=O) groups is 1. The fourth-order valence-electron chi connectivity index (χ4n) is 2.73. The molecule has 0 aliphatic carbocycles. The molecule has 0 spiro atoms. The predicted octanol–water partition coefficient (Wildman–Crippen LogP) is 3.44. The minimum atomic E-state index is -0.0372. The van der Waals surface area contributed by atoms with E-state index in [4.69, 9.17) is 0 Å². The minimum absolute atomic E-state index is 0.0372. The lowest BCUT2D eigenvalue weighted by Gasteiger charge is -2.28. The van der Waals surface area contributed by atoms with Gasteiger partial charge in [-0.25, -0.2) is 0 Å². The quantitative estimate of drug-likeness (QED) is 0.784. The number of hydrogen-bond donors (Lipinski definition) is 0. The Bertz CT molecular complexity index is 619. The molecule has 1 heterocycles. The first-order valence-corrected chi connectivity index (χ1v) is 7.36. The molecule has 1 atom stereocenters. The number of benzene rings is 2. The second-order valence-electron chi connectivity index (χ2n) is 5.43. The molecule has 0 N–H and O–H groups in total. The van der Waals surface area contributed by atoms with E-state index in [0.717, 1.165) is 6.42 Å². The van der Waals surface area contributed by atoms with Gasteiger partial charge in [0.1, 0.15) is 0 Å². The zero-order valence-corrected chi connectivity index (χ0v) is 12.0. The molecular weight excluding hydrogens is 258 g/mol. The van der Waals surface area contributed by atoms with Crippen LogP contribution in [0.2, 0.25) is 0 Å². The van der Waals surface area contributed by atoms with Gasteiger partial charge in [0.2, 0.25) is 5.91 Å². The molecule has 0 fully saturated rings. The molecule has 0 saturated heterocycles.